The number of likely N-dealkylation sites (N-methyl/N-ethyl adjacent to an activating group) is 2. The van der Waals surface area contributed by atoms with Crippen molar-refractivity contribution in [1.29, 1.82) is 0 Å². The average molecular weight is 981 g/mol. The fourth-order valence-corrected chi connectivity index (χ4v) is 9.70. The van der Waals surface area contributed by atoms with E-state index in [4.69, 9.17) is 9.47 Å². The number of benzene rings is 1. The van der Waals surface area contributed by atoms with Gasteiger partial charge in [0, 0.05) is 65.9 Å². The van der Waals surface area contributed by atoms with Crippen molar-refractivity contribution in [2.45, 2.75) is 155 Å². The number of amides is 8. The number of imide groups is 1. The lowest BCUT2D eigenvalue weighted by Gasteiger charge is -2.41. The Morgan fingerprint density at radius 1 is 0.800 bits per heavy atom. The summed E-state index contributed by atoms with van der Waals surface area (Å²) in [6.45, 7) is 15.2. The minimum atomic E-state index is -0.886. The molecule has 2 aliphatic rings. The maximum Gasteiger partial charge on any atom is 0.253 e. The van der Waals surface area contributed by atoms with E-state index in [2.05, 4.69) is 21.5 Å². The molecule has 8 atom stereocenters. The van der Waals surface area contributed by atoms with Crippen LogP contribution in [0.5, 0.6) is 0 Å². The van der Waals surface area contributed by atoms with Gasteiger partial charge in [-0.1, -0.05) is 91.6 Å². The molecule has 1 aromatic carbocycles. The van der Waals surface area contributed by atoms with E-state index in [9.17, 15) is 38.4 Å². The molecule has 7 unspecified atom stereocenters. The summed E-state index contributed by atoms with van der Waals surface area (Å²) >= 11 is 0. The Kier molecular flexibility index (Phi) is 25.2. The second kappa shape index (κ2) is 29.9. The number of hydrogen-bond donors (Lipinski definition) is 4. The molecule has 18 nitrogen and oxygen atoms in total. The van der Waals surface area contributed by atoms with Gasteiger partial charge in [0.05, 0.1) is 42.7 Å². The van der Waals surface area contributed by atoms with E-state index in [0.29, 0.717) is 71.1 Å². The van der Waals surface area contributed by atoms with Gasteiger partial charge < -0.3 is 29.9 Å². The lowest BCUT2D eigenvalue weighted by Crippen LogP contribution is -2.60. The van der Waals surface area contributed by atoms with E-state index in [1.807, 2.05) is 88.6 Å². The fourth-order valence-electron chi connectivity index (χ4n) is 9.70. The lowest BCUT2D eigenvalue weighted by molar-refractivity contribution is -0.148. The van der Waals surface area contributed by atoms with Gasteiger partial charge in [0.1, 0.15) is 6.04 Å². The first-order valence-corrected chi connectivity index (χ1v) is 25.3. The van der Waals surface area contributed by atoms with Crippen LogP contribution in [0.4, 0.5) is 0 Å². The molecular formula is C52H84N8O10. The van der Waals surface area contributed by atoms with Crippen LogP contribution in [0.1, 0.15) is 118 Å². The topological polar surface area (TPSA) is 216 Å². The minimum Gasteiger partial charge on any atom is -0.379 e. The molecule has 4 N–H and O–H groups in total. The van der Waals surface area contributed by atoms with Crippen molar-refractivity contribution >= 4 is 47.3 Å². The summed E-state index contributed by atoms with van der Waals surface area (Å²) in [4.78, 5) is 111. The lowest BCUT2D eigenvalue weighted by atomic mass is 9.89. The van der Waals surface area contributed by atoms with Gasteiger partial charge in [-0.3, -0.25) is 59.0 Å². The Labute approximate surface area is 416 Å². The van der Waals surface area contributed by atoms with E-state index in [1.165, 1.54) is 12.2 Å². The summed E-state index contributed by atoms with van der Waals surface area (Å²) < 4.78 is 12.0. The predicted molar refractivity (Wildman–Crippen MR) is 267 cm³/mol. The van der Waals surface area contributed by atoms with Crippen molar-refractivity contribution in [3.63, 3.8) is 0 Å². The molecule has 0 saturated carbocycles. The van der Waals surface area contributed by atoms with Gasteiger partial charge in [-0.05, 0) is 75.4 Å². The van der Waals surface area contributed by atoms with E-state index >= 15 is 0 Å². The Bertz CT molecular complexity index is 1900. The highest BCUT2D eigenvalue weighted by Crippen LogP contribution is 2.30. The van der Waals surface area contributed by atoms with Crippen molar-refractivity contribution in [2.75, 3.05) is 54.5 Å². The molecule has 0 spiro atoms. The zero-order chi connectivity index (χ0) is 52.1. The average Bonchev–Trinajstić information content (AvgIpc) is 3.94. The molecule has 1 saturated heterocycles. The Balaban J connectivity index is 1.57. The molecule has 8 amide bonds. The molecular weight excluding hydrogens is 897 g/mol. The second-order valence-corrected chi connectivity index (χ2v) is 19.7. The molecule has 2 heterocycles. The first kappa shape index (κ1) is 59.1. The Morgan fingerprint density at radius 2 is 1.43 bits per heavy atom. The number of unbranched alkanes of at least 4 members (excludes halogenated alkanes) is 2. The largest absolute Gasteiger partial charge is 0.379 e. The molecule has 3 rings (SSSR count). The third kappa shape index (κ3) is 17.6. The van der Waals surface area contributed by atoms with Crippen LogP contribution in [0.15, 0.2) is 42.5 Å². The molecule has 70 heavy (non-hydrogen) atoms. The van der Waals surface area contributed by atoms with Crippen molar-refractivity contribution < 1.29 is 47.8 Å². The van der Waals surface area contributed by atoms with E-state index < -0.39 is 36.3 Å². The van der Waals surface area contributed by atoms with Crippen LogP contribution in [-0.4, -0.2) is 158 Å². The molecule has 0 bridgehead atoms. The predicted octanol–water partition coefficient (Wildman–Crippen LogP) is 3.78. The van der Waals surface area contributed by atoms with Gasteiger partial charge >= 0.3 is 0 Å². The number of hydrogen-bond acceptors (Lipinski definition) is 11. The van der Waals surface area contributed by atoms with Gasteiger partial charge in [-0.2, -0.15) is 0 Å². The van der Waals surface area contributed by atoms with Gasteiger partial charge in [0.15, 0.2) is 0 Å². The Hall–Kier alpha value is -5.20. The monoisotopic (exact) mass is 981 g/mol. The summed E-state index contributed by atoms with van der Waals surface area (Å²) in [5.74, 6) is -3.32. The fraction of sp³-hybridized carbons (Fsp3) is 0.692. The van der Waals surface area contributed by atoms with Gasteiger partial charge in [-0.15, -0.1) is 0 Å². The zero-order valence-corrected chi connectivity index (χ0v) is 43.8. The number of likely N-dealkylation sites (tertiary alicyclic amines) is 1. The number of hydrazine groups is 1. The number of rotatable bonds is 30. The SMILES string of the molecule is CCC(C)C(C(CC(=O)N1CCC[C@H]1C(OC)C(C)C(=O)NCCc1ccccc1)OC)N(C)C(=O)C(NC(=O)C(C(C)C)N(C)CCCC(=O)NNC(=O)CCCCCN1C(=O)C=CC1=O)C(C)C. The summed E-state index contributed by atoms with van der Waals surface area (Å²) in [5.41, 5.74) is 6.00. The van der Waals surface area contributed by atoms with Crippen molar-refractivity contribution in [2.24, 2.45) is 23.7 Å². The van der Waals surface area contributed by atoms with Crippen LogP contribution in [0.3, 0.4) is 0 Å². The number of nitrogens with zero attached hydrogens (tertiary/aromatic N) is 4. The van der Waals surface area contributed by atoms with Crippen LogP contribution in [-0.2, 0) is 54.3 Å². The standard InChI is InChI=1S/C52H84N8O10/c1-12-36(6)48(40(69-10)33-45(65)59-32-19-23-39(59)49(70-11)37(7)50(66)53-29-28-38-21-15-13-16-22-38)58(9)52(68)46(34(2)3)54-51(67)47(35(4)5)57(8)30-20-25-42(62)56-55-41(61)24-17-14-18-31-60-43(63)26-27-44(60)64/h13,15-16,21-22,26-27,34-37,39-40,46-49H,12,14,17-20,23-25,28-33H2,1-11H3,(H,53,66)(H,54,67)(H,55,61)(H,56,62)/t36?,37?,39-,40?,46?,47?,48?,49?/m0/s1. The smallest absolute Gasteiger partial charge is 0.253 e. The van der Waals surface area contributed by atoms with E-state index in [-0.39, 0.29) is 90.3 Å². The highest BCUT2D eigenvalue weighted by Gasteiger charge is 2.43. The van der Waals surface area contributed by atoms with Crippen LogP contribution in [0.25, 0.3) is 0 Å². The Morgan fingerprint density at radius 3 is 2.00 bits per heavy atom. The van der Waals surface area contributed by atoms with Crippen molar-refractivity contribution in [3.8, 4) is 0 Å². The molecule has 0 radical (unpaired) electrons. The molecule has 0 aromatic heterocycles. The highest BCUT2D eigenvalue weighted by molar-refractivity contribution is 6.12. The van der Waals surface area contributed by atoms with Crippen LogP contribution < -0.4 is 21.5 Å². The van der Waals surface area contributed by atoms with E-state index in [0.717, 1.165) is 16.9 Å². The normalized spacial score (nSPS) is 17.8. The van der Waals surface area contributed by atoms with Crippen molar-refractivity contribution in [3.05, 3.63) is 48.0 Å². The van der Waals surface area contributed by atoms with Crippen LogP contribution in [0.2, 0.25) is 0 Å². The summed E-state index contributed by atoms with van der Waals surface area (Å²) in [5, 5.41) is 6.10. The molecule has 2 aliphatic heterocycles. The number of ether oxygens (including phenoxy) is 2. The quantitative estimate of drug-likeness (QED) is 0.0495. The molecule has 0 aliphatic carbocycles. The first-order chi connectivity index (χ1) is 33.3. The third-order valence-corrected chi connectivity index (χ3v) is 13.9. The van der Waals surface area contributed by atoms with E-state index in [1.54, 1.807) is 33.2 Å². The number of carbonyl (C=O) groups excluding carboxylic acids is 8. The molecule has 1 fully saturated rings. The first-order valence-electron chi connectivity index (χ1n) is 25.3. The maximum atomic E-state index is 14.6. The second-order valence-electron chi connectivity index (χ2n) is 19.7. The molecule has 392 valence electrons. The maximum absolute atomic E-state index is 14.6. The highest BCUT2D eigenvalue weighted by atomic mass is 16.5. The third-order valence-electron chi connectivity index (χ3n) is 13.9. The summed E-state index contributed by atoms with van der Waals surface area (Å²) in [7, 11) is 6.63. The van der Waals surface area contributed by atoms with Gasteiger partial charge in [0.25, 0.3) is 11.8 Å². The van der Waals surface area contributed by atoms with Crippen molar-refractivity contribution in [1.82, 2.24) is 41.1 Å². The number of carbonyl (C=O) groups is 8. The summed E-state index contributed by atoms with van der Waals surface area (Å²) in [6, 6.07) is 7.61. The minimum absolute atomic E-state index is 0.00411. The molecule has 18 heteroatoms. The van der Waals surface area contributed by atoms with Gasteiger partial charge in [0.2, 0.25) is 35.4 Å². The van der Waals surface area contributed by atoms with Gasteiger partial charge in [-0.25, -0.2) is 0 Å². The zero-order valence-electron chi connectivity index (χ0n) is 43.8. The summed E-state index contributed by atoms with van der Waals surface area (Å²) in [6.07, 6.45) is 6.53. The number of methoxy groups -OCH3 is 2. The number of nitrogens with one attached hydrogen (secondary N) is 4. The molecule has 1 aromatic rings. The van der Waals surface area contributed by atoms with Crippen LogP contribution in [0, 0.1) is 23.7 Å². The van der Waals surface area contributed by atoms with Crippen LogP contribution >= 0.6 is 0 Å².